The van der Waals surface area contributed by atoms with Crippen molar-refractivity contribution in [2.24, 2.45) is 0 Å². The maximum Gasteiger partial charge on any atom is 0.156 e. The molecule has 5 nitrogen and oxygen atoms in total. The van der Waals surface area contributed by atoms with Crippen molar-refractivity contribution in [2.45, 2.75) is 25.3 Å². The van der Waals surface area contributed by atoms with Crippen LogP contribution in [0.3, 0.4) is 0 Å². The second-order valence-corrected chi connectivity index (χ2v) is 7.59. The van der Waals surface area contributed by atoms with Gasteiger partial charge in [0.05, 0.1) is 0 Å². The molecular weight excluding hydrogens is 365 g/mol. The van der Waals surface area contributed by atoms with Crippen LogP contribution in [0.1, 0.15) is 30.1 Å². The zero-order valence-corrected chi connectivity index (χ0v) is 16.1. The van der Waals surface area contributed by atoms with Crippen LogP contribution in [0.2, 0.25) is 0 Å². The van der Waals surface area contributed by atoms with Crippen molar-refractivity contribution >= 4 is 5.65 Å². The topological polar surface area (TPSA) is 46.3 Å². The van der Waals surface area contributed by atoms with Crippen LogP contribution in [0.5, 0.6) is 0 Å². The van der Waals surface area contributed by atoms with Crippen LogP contribution in [-0.4, -0.2) is 37.6 Å². The summed E-state index contributed by atoms with van der Waals surface area (Å²) in [7, 11) is 0. The molecule has 5 rings (SSSR count). The van der Waals surface area contributed by atoms with Crippen LogP contribution >= 0.6 is 0 Å². The number of rotatable bonds is 4. The molecule has 146 valence electrons. The predicted octanol–water partition coefficient (Wildman–Crippen LogP) is 4.31. The molecule has 1 aliphatic heterocycles. The molecule has 0 saturated carbocycles. The van der Waals surface area contributed by atoms with Gasteiger partial charge in [-0.2, -0.15) is 5.10 Å². The number of pyridine rings is 2. The van der Waals surface area contributed by atoms with Crippen LogP contribution in [0.25, 0.3) is 16.8 Å². The summed E-state index contributed by atoms with van der Waals surface area (Å²) in [5.41, 5.74) is 3.79. The van der Waals surface area contributed by atoms with Crippen molar-refractivity contribution in [1.82, 2.24) is 24.5 Å². The Morgan fingerprint density at radius 2 is 1.86 bits per heavy atom. The zero-order valence-electron chi connectivity index (χ0n) is 16.1. The largest absolute Gasteiger partial charge is 0.298 e. The van der Waals surface area contributed by atoms with Crippen LogP contribution in [-0.2, 0) is 6.54 Å². The van der Waals surface area contributed by atoms with Crippen molar-refractivity contribution < 1.29 is 4.39 Å². The minimum Gasteiger partial charge on any atom is -0.298 e. The average Bonchev–Trinajstić information content (AvgIpc) is 3.20. The lowest BCUT2D eigenvalue weighted by Crippen LogP contribution is -2.34. The van der Waals surface area contributed by atoms with E-state index in [2.05, 4.69) is 16.0 Å². The summed E-state index contributed by atoms with van der Waals surface area (Å²) in [6, 6.07) is 15.1. The van der Waals surface area contributed by atoms with E-state index in [1.165, 1.54) is 6.07 Å². The summed E-state index contributed by atoms with van der Waals surface area (Å²) in [4.78, 5) is 11.2. The van der Waals surface area contributed by atoms with Gasteiger partial charge in [0.15, 0.2) is 11.5 Å². The van der Waals surface area contributed by atoms with Crippen molar-refractivity contribution in [3.63, 3.8) is 0 Å². The van der Waals surface area contributed by atoms with Crippen molar-refractivity contribution in [1.29, 1.82) is 0 Å². The first-order chi connectivity index (χ1) is 14.3. The Morgan fingerprint density at radius 1 is 1.00 bits per heavy atom. The number of fused-ring (bicyclic) bond motifs is 1. The molecule has 1 aromatic carbocycles. The van der Waals surface area contributed by atoms with E-state index in [0.29, 0.717) is 6.54 Å². The molecule has 0 spiro atoms. The Bertz CT molecular complexity index is 1120. The molecule has 0 bridgehead atoms. The molecule has 4 heterocycles. The van der Waals surface area contributed by atoms with E-state index < -0.39 is 0 Å². The van der Waals surface area contributed by atoms with Crippen LogP contribution in [0.15, 0.2) is 67.1 Å². The fourth-order valence-corrected chi connectivity index (χ4v) is 4.07. The predicted molar refractivity (Wildman–Crippen MR) is 110 cm³/mol. The second-order valence-electron chi connectivity index (χ2n) is 7.59. The molecule has 29 heavy (non-hydrogen) atoms. The molecule has 0 aliphatic carbocycles. The van der Waals surface area contributed by atoms with E-state index in [9.17, 15) is 4.39 Å². The Kier molecular flexibility index (Phi) is 4.77. The standard InChI is InChI=1S/C23H22FN5/c24-21-6-2-1-4-19(21)14-28-13-3-5-20(15-28)23-26-22-8-7-18(16-29(22)27-23)17-9-11-25-12-10-17/h1-2,4,6-12,16,20H,3,5,13-15H2. The smallest absolute Gasteiger partial charge is 0.156 e. The van der Waals surface area contributed by atoms with Gasteiger partial charge in [-0.15, -0.1) is 0 Å². The van der Waals surface area contributed by atoms with E-state index in [-0.39, 0.29) is 11.7 Å². The highest BCUT2D eigenvalue weighted by Gasteiger charge is 2.25. The highest BCUT2D eigenvalue weighted by molar-refractivity contribution is 5.63. The third-order valence-electron chi connectivity index (χ3n) is 5.58. The minimum absolute atomic E-state index is 0.135. The number of piperidine rings is 1. The average molecular weight is 387 g/mol. The maximum absolute atomic E-state index is 14.0. The van der Waals surface area contributed by atoms with Gasteiger partial charge in [0.25, 0.3) is 0 Å². The van der Waals surface area contributed by atoms with E-state index in [1.54, 1.807) is 18.5 Å². The van der Waals surface area contributed by atoms with E-state index in [0.717, 1.165) is 54.1 Å². The molecule has 1 fully saturated rings. The van der Waals surface area contributed by atoms with Gasteiger partial charge in [-0.3, -0.25) is 9.88 Å². The van der Waals surface area contributed by atoms with Gasteiger partial charge in [0.2, 0.25) is 0 Å². The quantitative estimate of drug-likeness (QED) is 0.524. The maximum atomic E-state index is 14.0. The Balaban J connectivity index is 1.36. The zero-order chi connectivity index (χ0) is 19.6. The molecule has 4 aromatic rings. The number of hydrogen-bond donors (Lipinski definition) is 0. The molecule has 3 aromatic heterocycles. The molecule has 6 heteroatoms. The van der Waals surface area contributed by atoms with Gasteiger partial charge in [0, 0.05) is 48.7 Å². The number of halogens is 1. The third-order valence-corrected chi connectivity index (χ3v) is 5.58. The monoisotopic (exact) mass is 387 g/mol. The summed E-state index contributed by atoms with van der Waals surface area (Å²) in [6.07, 6.45) is 7.72. The molecule has 1 saturated heterocycles. The van der Waals surface area contributed by atoms with E-state index in [1.807, 2.05) is 41.0 Å². The molecule has 0 amide bonds. The normalized spacial score (nSPS) is 17.6. The van der Waals surface area contributed by atoms with Crippen LogP contribution < -0.4 is 0 Å². The lowest BCUT2D eigenvalue weighted by Gasteiger charge is -2.31. The minimum atomic E-state index is -0.135. The lowest BCUT2D eigenvalue weighted by atomic mass is 9.97. The number of aromatic nitrogens is 4. The second kappa shape index (κ2) is 7.72. The molecule has 1 aliphatic rings. The molecular formula is C23H22FN5. The highest BCUT2D eigenvalue weighted by Crippen LogP contribution is 2.27. The van der Waals surface area contributed by atoms with Gasteiger partial charge in [0.1, 0.15) is 5.82 Å². The van der Waals surface area contributed by atoms with E-state index in [4.69, 9.17) is 10.1 Å². The summed E-state index contributed by atoms with van der Waals surface area (Å²) >= 11 is 0. The summed E-state index contributed by atoms with van der Waals surface area (Å²) in [5.74, 6) is 0.999. The first-order valence-electron chi connectivity index (χ1n) is 9.99. The fraction of sp³-hybridized carbons (Fsp3) is 0.261. The van der Waals surface area contributed by atoms with E-state index >= 15 is 0 Å². The summed E-state index contributed by atoms with van der Waals surface area (Å²) in [5, 5.41) is 4.77. The molecule has 1 unspecified atom stereocenters. The summed E-state index contributed by atoms with van der Waals surface area (Å²) < 4.78 is 15.9. The Morgan fingerprint density at radius 3 is 2.72 bits per heavy atom. The van der Waals surface area contributed by atoms with Crippen molar-refractivity contribution in [3.8, 4) is 11.1 Å². The molecule has 0 radical (unpaired) electrons. The van der Waals surface area contributed by atoms with Crippen LogP contribution in [0.4, 0.5) is 4.39 Å². The number of likely N-dealkylation sites (tertiary alicyclic amines) is 1. The van der Waals surface area contributed by atoms with Gasteiger partial charge in [-0.05, 0) is 55.3 Å². The van der Waals surface area contributed by atoms with Gasteiger partial charge >= 0.3 is 0 Å². The van der Waals surface area contributed by atoms with Crippen LogP contribution in [0, 0.1) is 5.82 Å². The number of benzene rings is 1. The molecule has 0 N–H and O–H groups in total. The number of nitrogens with zero attached hydrogens (tertiary/aromatic N) is 5. The molecule has 1 atom stereocenters. The lowest BCUT2D eigenvalue weighted by molar-refractivity contribution is 0.194. The number of hydrogen-bond acceptors (Lipinski definition) is 4. The fourth-order valence-electron chi connectivity index (χ4n) is 4.07. The summed E-state index contributed by atoms with van der Waals surface area (Å²) in [6.45, 7) is 2.45. The highest BCUT2D eigenvalue weighted by atomic mass is 19.1. The Labute approximate surface area is 168 Å². The van der Waals surface area contributed by atoms with Crippen molar-refractivity contribution in [2.75, 3.05) is 13.1 Å². The van der Waals surface area contributed by atoms with Gasteiger partial charge in [-0.1, -0.05) is 18.2 Å². The van der Waals surface area contributed by atoms with Gasteiger partial charge in [-0.25, -0.2) is 13.9 Å². The van der Waals surface area contributed by atoms with Crippen molar-refractivity contribution in [3.05, 3.63) is 84.3 Å². The first kappa shape index (κ1) is 17.9. The van der Waals surface area contributed by atoms with Gasteiger partial charge < -0.3 is 0 Å². The first-order valence-corrected chi connectivity index (χ1v) is 9.99. The third kappa shape index (κ3) is 3.76. The Hall–Kier alpha value is -3.12. The SMILES string of the molecule is Fc1ccccc1CN1CCCC(c2nc3ccc(-c4ccncc4)cn3n2)C1.